The Bertz CT molecular complexity index is 727. The van der Waals surface area contributed by atoms with Crippen molar-refractivity contribution in [2.24, 2.45) is 4.99 Å². The minimum atomic E-state index is 0.165. The topological polar surface area (TPSA) is 32.7 Å². The maximum Gasteiger partial charge on any atom is 0.228 e. The molecule has 1 fully saturated rings. The average Bonchev–Trinajstić information content (AvgIpc) is 2.63. The smallest absolute Gasteiger partial charge is 0.228 e. The zero-order valence-corrected chi connectivity index (χ0v) is 14.8. The lowest BCUT2D eigenvalue weighted by Crippen LogP contribution is -2.39. The maximum absolute atomic E-state index is 12.7. The Kier molecular flexibility index (Phi) is 5.70. The lowest BCUT2D eigenvalue weighted by atomic mass is 10.1. The molecule has 0 N–H and O–H groups in total. The number of hydrogen-bond donors (Lipinski definition) is 0. The summed E-state index contributed by atoms with van der Waals surface area (Å²) in [4.78, 5) is 19.3. The van der Waals surface area contributed by atoms with Crippen LogP contribution in [0.15, 0.2) is 59.6 Å². The van der Waals surface area contributed by atoms with Gasteiger partial charge < -0.3 is 0 Å². The summed E-state index contributed by atoms with van der Waals surface area (Å²) in [7, 11) is 0. The van der Waals surface area contributed by atoms with Crippen LogP contribution in [0, 0.1) is 6.92 Å². The SMILES string of the molecule is Cc1ccccc1N=C1SCCCN1C(=O)CCc1ccccc1. The van der Waals surface area contributed by atoms with Gasteiger partial charge in [-0.25, -0.2) is 4.99 Å². The molecule has 0 bridgehead atoms. The first-order chi connectivity index (χ1) is 11.7. The van der Waals surface area contributed by atoms with E-state index < -0.39 is 0 Å². The summed E-state index contributed by atoms with van der Waals surface area (Å²) in [6, 6.07) is 18.2. The average molecular weight is 338 g/mol. The second-order valence-electron chi connectivity index (χ2n) is 5.91. The molecule has 0 aromatic heterocycles. The number of benzene rings is 2. The van der Waals surface area contributed by atoms with Crippen molar-refractivity contribution in [3.05, 3.63) is 65.7 Å². The number of thioether (sulfide) groups is 1. The number of carbonyl (C=O) groups excluding carboxylic acids is 1. The van der Waals surface area contributed by atoms with Crippen LogP contribution in [0.5, 0.6) is 0 Å². The van der Waals surface area contributed by atoms with Gasteiger partial charge in [-0.05, 0) is 37.0 Å². The first-order valence-electron chi connectivity index (χ1n) is 8.35. The molecule has 124 valence electrons. The maximum atomic E-state index is 12.7. The van der Waals surface area contributed by atoms with Crippen molar-refractivity contribution < 1.29 is 4.79 Å². The van der Waals surface area contributed by atoms with Crippen LogP contribution < -0.4 is 0 Å². The second kappa shape index (κ2) is 8.15. The molecule has 0 radical (unpaired) electrons. The molecule has 2 aromatic carbocycles. The van der Waals surface area contributed by atoms with E-state index in [1.807, 2.05) is 41.3 Å². The molecule has 0 unspecified atom stereocenters. The molecule has 3 nitrogen and oxygen atoms in total. The zero-order chi connectivity index (χ0) is 16.8. The van der Waals surface area contributed by atoms with Gasteiger partial charge >= 0.3 is 0 Å². The van der Waals surface area contributed by atoms with Gasteiger partial charge in [0, 0.05) is 18.7 Å². The molecule has 0 aliphatic carbocycles. The third kappa shape index (κ3) is 4.26. The fourth-order valence-electron chi connectivity index (χ4n) is 2.71. The van der Waals surface area contributed by atoms with E-state index in [9.17, 15) is 4.79 Å². The van der Waals surface area contributed by atoms with Crippen LogP contribution in [0.3, 0.4) is 0 Å². The lowest BCUT2D eigenvalue weighted by molar-refractivity contribution is -0.127. The fraction of sp³-hybridized carbons (Fsp3) is 0.300. The first-order valence-corrected chi connectivity index (χ1v) is 9.34. The summed E-state index contributed by atoms with van der Waals surface area (Å²) in [5.74, 6) is 1.19. The molecule has 1 aliphatic rings. The van der Waals surface area contributed by atoms with Crippen LogP contribution in [0.25, 0.3) is 0 Å². The summed E-state index contributed by atoms with van der Waals surface area (Å²) < 4.78 is 0. The molecule has 1 amide bonds. The Morgan fingerprint density at radius 2 is 1.88 bits per heavy atom. The number of nitrogens with zero attached hydrogens (tertiary/aromatic N) is 2. The number of aryl methyl sites for hydroxylation is 2. The molecule has 1 aliphatic heterocycles. The van der Waals surface area contributed by atoms with Crippen molar-refractivity contribution in [3.63, 3.8) is 0 Å². The molecule has 2 aromatic rings. The van der Waals surface area contributed by atoms with Gasteiger partial charge in [-0.1, -0.05) is 60.3 Å². The Balaban J connectivity index is 1.72. The van der Waals surface area contributed by atoms with Crippen molar-refractivity contribution in [1.29, 1.82) is 0 Å². The van der Waals surface area contributed by atoms with Gasteiger partial charge in [0.1, 0.15) is 0 Å². The highest BCUT2D eigenvalue weighted by molar-refractivity contribution is 8.13. The Morgan fingerprint density at radius 1 is 1.12 bits per heavy atom. The first kappa shape index (κ1) is 16.8. The molecule has 3 rings (SSSR count). The quantitative estimate of drug-likeness (QED) is 0.817. The summed E-state index contributed by atoms with van der Waals surface area (Å²) in [6.07, 6.45) is 2.32. The van der Waals surface area contributed by atoms with Gasteiger partial charge in [0.2, 0.25) is 5.91 Å². The van der Waals surface area contributed by atoms with Gasteiger partial charge in [0.15, 0.2) is 5.17 Å². The van der Waals surface area contributed by atoms with Crippen LogP contribution in [0.4, 0.5) is 5.69 Å². The van der Waals surface area contributed by atoms with E-state index in [1.54, 1.807) is 11.8 Å². The minimum absolute atomic E-state index is 0.165. The van der Waals surface area contributed by atoms with Crippen LogP contribution in [-0.4, -0.2) is 28.3 Å². The molecule has 0 spiro atoms. The molecule has 0 saturated carbocycles. The van der Waals surface area contributed by atoms with E-state index in [0.717, 1.165) is 41.6 Å². The molecule has 1 saturated heterocycles. The van der Waals surface area contributed by atoms with Gasteiger partial charge in [-0.15, -0.1) is 0 Å². The standard InChI is InChI=1S/C20H22N2OS/c1-16-8-5-6-11-18(16)21-20-22(14-7-15-24-20)19(23)13-12-17-9-3-2-4-10-17/h2-6,8-11H,7,12-15H2,1H3. The summed E-state index contributed by atoms with van der Waals surface area (Å²) in [6.45, 7) is 2.82. The highest BCUT2D eigenvalue weighted by Gasteiger charge is 2.23. The largest absolute Gasteiger partial charge is 0.291 e. The third-order valence-corrected chi connectivity index (χ3v) is 5.15. The highest BCUT2D eigenvalue weighted by Crippen LogP contribution is 2.25. The van der Waals surface area contributed by atoms with Crippen molar-refractivity contribution in [3.8, 4) is 0 Å². The number of rotatable bonds is 4. The van der Waals surface area contributed by atoms with Crippen LogP contribution in [0.2, 0.25) is 0 Å². The third-order valence-electron chi connectivity index (χ3n) is 4.09. The van der Waals surface area contributed by atoms with Crippen molar-refractivity contribution in [2.75, 3.05) is 12.3 Å². The number of amides is 1. The summed E-state index contributed by atoms with van der Waals surface area (Å²) in [5.41, 5.74) is 3.28. The van der Waals surface area contributed by atoms with Gasteiger partial charge in [-0.3, -0.25) is 9.69 Å². The Hall–Kier alpha value is -2.07. The Labute approximate surface area is 147 Å². The van der Waals surface area contributed by atoms with E-state index in [1.165, 1.54) is 5.56 Å². The Morgan fingerprint density at radius 3 is 2.67 bits per heavy atom. The number of carbonyl (C=O) groups is 1. The number of aliphatic imine (C=N–C) groups is 1. The number of para-hydroxylation sites is 1. The zero-order valence-electron chi connectivity index (χ0n) is 13.9. The molecule has 24 heavy (non-hydrogen) atoms. The normalized spacial score (nSPS) is 16.4. The van der Waals surface area contributed by atoms with Gasteiger partial charge in [-0.2, -0.15) is 0 Å². The minimum Gasteiger partial charge on any atom is -0.291 e. The number of amidine groups is 1. The van der Waals surface area contributed by atoms with Gasteiger partial charge in [0.25, 0.3) is 0 Å². The molecule has 4 heteroatoms. The van der Waals surface area contributed by atoms with E-state index in [4.69, 9.17) is 4.99 Å². The second-order valence-corrected chi connectivity index (χ2v) is 6.98. The predicted octanol–water partition coefficient (Wildman–Crippen LogP) is 4.58. The van der Waals surface area contributed by atoms with Crippen LogP contribution in [0.1, 0.15) is 24.0 Å². The van der Waals surface area contributed by atoms with Crippen molar-refractivity contribution >= 4 is 28.5 Å². The molecular formula is C20H22N2OS. The molecule has 0 atom stereocenters. The monoisotopic (exact) mass is 338 g/mol. The highest BCUT2D eigenvalue weighted by atomic mass is 32.2. The van der Waals surface area contributed by atoms with Crippen molar-refractivity contribution in [1.82, 2.24) is 4.90 Å². The van der Waals surface area contributed by atoms with Crippen molar-refractivity contribution in [2.45, 2.75) is 26.2 Å². The van der Waals surface area contributed by atoms with Gasteiger partial charge in [0.05, 0.1) is 5.69 Å². The van der Waals surface area contributed by atoms with E-state index in [-0.39, 0.29) is 5.91 Å². The van der Waals surface area contributed by atoms with E-state index >= 15 is 0 Å². The summed E-state index contributed by atoms with van der Waals surface area (Å²) in [5, 5.41) is 0.841. The molecule has 1 heterocycles. The predicted molar refractivity (Wildman–Crippen MR) is 102 cm³/mol. The number of hydrogen-bond acceptors (Lipinski definition) is 3. The fourth-order valence-corrected chi connectivity index (χ4v) is 3.67. The lowest BCUT2D eigenvalue weighted by Gasteiger charge is -2.28. The van der Waals surface area contributed by atoms with Crippen LogP contribution >= 0.6 is 11.8 Å². The van der Waals surface area contributed by atoms with E-state index in [0.29, 0.717) is 6.42 Å². The summed E-state index contributed by atoms with van der Waals surface area (Å²) >= 11 is 1.68. The van der Waals surface area contributed by atoms with Crippen LogP contribution in [-0.2, 0) is 11.2 Å². The van der Waals surface area contributed by atoms with E-state index in [2.05, 4.69) is 25.1 Å². The molecular weight excluding hydrogens is 316 g/mol.